The number of hydrogen-bond donors (Lipinski definition) is 0. The van der Waals surface area contributed by atoms with Gasteiger partial charge in [0.05, 0.1) is 5.02 Å². The molecule has 0 aliphatic heterocycles. The van der Waals surface area contributed by atoms with Gasteiger partial charge in [-0.25, -0.2) is 0 Å². The van der Waals surface area contributed by atoms with Gasteiger partial charge in [0.25, 0.3) is 0 Å². The Balaban J connectivity index is 2.42. The predicted molar refractivity (Wildman–Crippen MR) is 90.2 cm³/mol. The van der Waals surface area contributed by atoms with E-state index in [4.69, 9.17) is 34.8 Å². The molecule has 1 aromatic heterocycles. The minimum Gasteiger partial charge on any atom is -0.263 e. The Kier molecular flexibility index (Phi) is 5.74. The van der Waals surface area contributed by atoms with Crippen molar-refractivity contribution in [2.24, 2.45) is 0 Å². The Morgan fingerprint density at radius 3 is 2.50 bits per heavy atom. The van der Waals surface area contributed by atoms with Crippen LogP contribution in [0.5, 0.6) is 0 Å². The fourth-order valence-electron chi connectivity index (χ4n) is 2.12. The molecule has 0 N–H and O–H groups in total. The van der Waals surface area contributed by atoms with Crippen molar-refractivity contribution < 1.29 is 0 Å². The highest BCUT2D eigenvalue weighted by molar-refractivity contribution is 9.10. The largest absolute Gasteiger partial charge is 0.263 e. The molecule has 0 saturated heterocycles. The third kappa shape index (κ3) is 3.48. The molecule has 1 nitrogen and oxygen atoms in total. The molecule has 5 heteroatoms. The first kappa shape index (κ1) is 16.1. The lowest BCUT2D eigenvalue weighted by atomic mass is 9.79. The topological polar surface area (TPSA) is 12.9 Å². The highest BCUT2D eigenvalue weighted by Crippen LogP contribution is 2.34. The second kappa shape index (κ2) is 7.13. The van der Waals surface area contributed by atoms with E-state index >= 15 is 0 Å². The third-order valence-electron chi connectivity index (χ3n) is 3.33. The number of pyridine rings is 1. The van der Waals surface area contributed by atoms with Gasteiger partial charge in [-0.15, -0.1) is 23.2 Å². The smallest absolute Gasteiger partial charge is 0.0621 e. The summed E-state index contributed by atoms with van der Waals surface area (Å²) in [7, 11) is 0. The number of hydrogen-bond acceptors (Lipinski definition) is 1. The van der Waals surface area contributed by atoms with E-state index < -0.39 is 0 Å². The summed E-state index contributed by atoms with van der Waals surface area (Å²) in [5, 5.41) is 0.641. The molecule has 20 heavy (non-hydrogen) atoms. The minimum absolute atomic E-state index is 0.349. The molecule has 2 rings (SSSR count). The van der Waals surface area contributed by atoms with Crippen LogP contribution < -0.4 is 0 Å². The van der Waals surface area contributed by atoms with E-state index in [-0.39, 0.29) is 5.41 Å². The Morgan fingerprint density at radius 2 is 1.90 bits per heavy atom. The summed E-state index contributed by atoms with van der Waals surface area (Å²) in [5.74, 6) is 0.844. The number of nitrogens with zero attached hydrogens (tertiary/aromatic N) is 1. The maximum Gasteiger partial charge on any atom is 0.0621 e. The molecule has 1 aromatic carbocycles. The summed E-state index contributed by atoms with van der Waals surface area (Å²) >= 11 is 22.2. The molecule has 0 amide bonds. The van der Waals surface area contributed by atoms with Gasteiger partial charge in [-0.2, -0.15) is 0 Å². The Hall–Kier alpha value is -0.280. The van der Waals surface area contributed by atoms with Crippen LogP contribution in [0.3, 0.4) is 0 Å². The number of rotatable bonds is 5. The van der Waals surface area contributed by atoms with Crippen molar-refractivity contribution in [2.75, 3.05) is 11.8 Å². The molecule has 2 aromatic rings. The first-order valence-corrected chi connectivity index (χ1v) is 8.32. The molecule has 0 bridgehead atoms. The van der Waals surface area contributed by atoms with Gasteiger partial charge < -0.3 is 0 Å². The average molecular weight is 394 g/mol. The highest BCUT2D eigenvalue weighted by atomic mass is 79.9. The fourth-order valence-corrected chi connectivity index (χ4v) is 3.49. The lowest BCUT2D eigenvalue weighted by Gasteiger charge is -2.31. The van der Waals surface area contributed by atoms with E-state index in [1.54, 1.807) is 12.4 Å². The summed E-state index contributed by atoms with van der Waals surface area (Å²) in [6.07, 6.45) is 4.05. The number of alkyl halides is 2. The SMILES string of the molecule is ClCC(CCl)(Cc1ccncc1Cl)c1cccc(Br)c1. The molecule has 106 valence electrons. The number of benzene rings is 1. The highest BCUT2D eigenvalue weighted by Gasteiger charge is 2.32. The second-order valence-electron chi connectivity index (χ2n) is 4.70. The summed E-state index contributed by atoms with van der Waals surface area (Å²) in [5.41, 5.74) is 1.76. The van der Waals surface area contributed by atoms with Gasteiger partial charge in [0.2, 0.25) is 0 Å². The fraction of sp³-hybridized carbons (Fsp3) is 0.267. The molecule has 1 heterocycles. The monoisotopic (exact) mass is 391 g/mol. The van der Waals surface area contributed by atoms with Gasteiger partial charge in [0.1, 0.15) is 0 Å². The molecule has 0 aliphatic carbocycles. The molecule has 0 radical (unpaired) electrons. The van der Waals surface area contributed by atoms with E-state index in [2.05, 4.69) is 27.0 Å². The van der Waals surface area contributed by atoms with Crippen LogP contribution in [0.2, 0.25) is 5.02 Å². The summed E-state index contributed by atoms with van der Waals surface area (Å²) < 4.78 is 1.01. The van der Waals surface area contributed by atoms with Gasteiger partial charge in [0, 0.05) is 34.0 Å². The quantitative estimate of drug-likeness (QED) is 0.615. The molecular formula is C15H13BrCl3N. The Morgan fingerprint density at radius 1 is 1.15 bits per heavy atom. The molecule has 0 spiro atoms. The summed E-state index contributed by atoms with van der Waals surface area (Å²) in [6, 6.07) is 9.98. The number of halogens is 4. The Bertz CT molecular complexity index is 585. The van der Waals surface area contributed by atoms with Gasteiger partial charge in [-0.3, -0.25) is 4.98 Å². The lowest BCUT2D eigenvalue weighted by Crippen LogP contribution is -2.33. The van der Waals surface area contributed by atoms with Crippen LogP contribution in [0.25, 0.3) is 0 Å². The van der Waals surface area contributed by atoms with Crippen molar-refractivity contribution in [3.63, 3.8) is 0 Å². The van der Waals surface area contributed by atoms with Crippen molar-refractivity contribution >= 4 is 50.7 Å². The molecule has 0 fully saturated rings. The van der Waals surface area contributed by atoms with E-state index in [1.165, 1.54) is 0 Å². The standard InChI is InChI=1S/C15H13BrCl3N/c16-13-3-1-2-12(6-13)15(9-17,10-18)7-11-4-5-20-8-14(11)19/h1-6,8H,7,9-10H2. The van der Waals surface area contributed by atoms with E-state index in [1.807, 2.05) is 24.3 Å². The van der Waals surface area contributed by atoms with E-state index in [0.29, 0.717) is 23.2 Å². The van der Waals surface area contributed by atoms with Crippen LogP contribution in [-0.2, 0) is 11.8 Å². The minimum atomic E-state index is -0.349. The summed E-state index contributed by atoms with van der Waals surface area (Å²) in [4.78, 5) is 4.01. The van der Waals surface area contributed by atoms with Gasteiger partial charge in [0.15, 0.2) is 0 Å². The summed E-state index contributed by atoms with van der Waals surface area (Å²) in [6.45, 7) is 0. The molecule has 0 saturated carbocycles. The van der Waals surface area contributed by atoms with Crippen LogP contribution in [0, 0.1) is 0 Å². The normalized spacial score (nSPS) is 11.6. The van der Waals surface area contributed by atoms with E-state index in [9.17, 15) is 0 Å². The number of aromatic nitrogens is 1. The molecule has 0 aliphatic rings. The van der Waals surface area contributed by atoms with Crippen LogP contribution in [0.15, 0.2) is 47.2 Å². The van der Waals surface area contributed by atoms with Crippen LogP contribution in [-0.4, -0.2) is 16.7 Å². The maximum absolute atomic E-state index is 6.26. The van der Waals surface area contributed by atoms with Crippen LogP contribution in [0.4, 0.5) is 0 Å². The van der Waals surface area contributed by atoms with Crippen molar-refractivity contribution in [3.8, 4) is 0 Å². The van der Waals surface area contributed by atoms with Crippen molar-refractivity contribution in [3.05, 3.63) is 63.3 Å². The van der Waals surface area contributed by atoms with Crippen LogP contribution in [0.1, 0.15) is 11.1 Å². The first-order chi connectivity index (χ1) is 9.61. The van der Waals surface area contributed by atoms with Gasteiger partial charge >= 0.3 is 0 Å². The second-order valence-corrected chi connectivity index (χ2v) is 6.56. The van der Waals surface area contributed by atoms with Crippen LogP contribution >= 0.6 is 50.7 Å². The molecule has 0 atom stereocenters. The predicted octanol–water partition coefficient (Wildman–Crippen LogP) is 5.46. The molecular weight excluding hydrogens is 380 g/mol. The van der Waals surface area contributed by atoms with Crippen molar-refractivity contribution in [1.29, 1.82) is 0 Å². The molecule has 0 unspecified atom stereocenters. The zero-order chi connectivity index (χ0) is 14.6. The lowest BCUT2D eigenvalue weighted by molar-refractivity contribution is 0.536. The zero-order valence-electron chi connectivity index (χ0n) is 10.6. The third-order valence-corrected chi connectivity index (χ3v) is 5.19. The first-order valence-electron chi connectivity index (χ1n) is 6.08. The maximum atomic E-state index is 6.26. The average Bonchev–Trinajstić information content (AvgIpc) is 2.47. The Labute approximate surface area is 142 Å². The van der Waals surface area contributed by atoms with E-state index in [0.717, 1.165) is 15.6 Å². The van der Waals surface area contributed by atoms with Gasteiger partial charge in [-0.1, -0.05) is 39.7 Å². The van der Waals surface area contributed by atoms with Crippen molar-refractivity contribution in [2.45, 2.75) is 11.8 Å². The van der Waals surface area contributed by atoms with Gasteiger partial charge in [-0.05, 0) is 35.7 Å². The van der Waals surface area contributed by atoms with Crippen molar-refractivity contribution in [1.82, 2.24) is 4.98 Å². The zero-order valence-corrected chi connectivity index (χ0v) is 14.5.